The smallest absolute Gasteiger partial charge is 0.254 e. The van der Waals surface area contributed by atoms with Crippen molar-refractivity contribution in [2.75, 3.05) is 20.3 Å². The number of hydrogen-bond donors (Lipinski definition) is 2. The van der Waals surface area contributed by atoms with E-state index in [9.17, 15) is 9.90 Å². The van der Waals surface area contributed by atoms with Gasteiger partial charge in [-0.15, -0.1) is 0 Å². The van der Waals surface area contributed by atoms with Crippen LogP contribution in [0.4, 0.5) is 0 Å². The summed E-state index contributed by atoms with van der Waals surface area (Å²) < 4.78 is 4.90. The molecular weight excluding hydrogens is 268 g/mol. The van der Waals surface area contributed by atoms with E-state index < -0.39 is 5.60 Å². The molecule has 0 aromatic carbocycles. The van der Waals surface area contributed by atoms with Crippen molar-refractivity contribution in [2.24, 2.45) is 0 Å². The van der Waals surface area contributed by atoms with Crippen molar-refractivity contribution in [3.63, 3.8) is 0 Å². The van der Waals surface area contributed by atoms with Gasteiger partial charge in [0.15, 0.2) is 0 Å². The van der Waals surface area contributed by atoms with Crippen LogP contribution in [0.5, 0.6) is 0 Å². The van der Waals surface area contributed by atoms with Gasteiger partial charge in [-0.05, 0) is 19.9 Å². The van der Waals surface area contributed by atoms with Gasteiger partial charge in [0.2, 0.25) is 0 Å². The molecule has 106 valence electrons. The SMILES string of the molecule is COCCC(C)(O)CNC(=O)c1cnc(C)cc1Cl. The fourth-order valence-electron chi connectivity index (χ4n) is 1.47. The van der Waals surface area contributed by atoms with Crippen LogP contribution in [0.3, 0.4) is 0 Å². The van der Waals surface area contributed by atoms with Crippen LogP contribution in [0.25, 0.3) is 0 Å². The van der Waals surface area contributed by atoms with Crippen molar-refractivity contribution in [1.29, 1.82) is 0 Å². The number of ether oxygens (including phenoxy) is 1. The molecule has 1 aromatic heterocycles. The van der Waals surface area contributed by atoms with Gasteiger partial charge < -0.3 is 15.2 Å². The van der Waals surface area contributed by atoms with E-state index in [1.54, 1.807) is 27.0 Å². The van der Waals surface area contributed by atoms with Crippen LogP contribution in [0.1, 0.15) is 29.4 Å². The molecule has 0 aliphatic carbocycles. The third kappa shape index (κ3) is 5.14. The van der Waals surface area contributed by atoms with E-state index in [2.05, 4.69) is 10.3 Å². The zero-order chi connectivity index (χ0) is 14.5. The maximum atomic E-state index is 11.9. The number of hydrogen-bond acceptors (Lipinski definition) is 4. The first-order valence-electron chi connectivity index (χ1n) is 5.97. The van der Waals surface area contributed by atoms with Crippen LogP contribution in [0, 0.1) is 6.92 Å². The van der Waals surface area contributed by atoms with E-state index in [0.29, 0.717) is 23.6 Å². The van der Waals surface area contributed by atoms with Crippen molar-refractivity contribution in [2.45, 2.75) is 25.9 Å². The summed E-state index contributed by atoms with van der Waals surface area (Å²) in [6.07, 6.45) is 1.86. The van der Waals surface area contributed by atoms with Gasteiger partial charge in [-0.25, -0.2) is 0 Å². The number of aryl methyl sites for hydroxylation is 1. The summed E-state index contributed by atoms with van der Waals surface area (Å²) in [7, 11) is 1.56. The van der Waals surface area contributed by atoms with Crippen LogP contribution in [-0.4, -0.2) is 41.9 Å². The second kappa shape index (κ2) is 6.84. The lowest BCUT2D eigenvalue weighted by Gasteiger charge is -2.23. The Bertz CT molecular complexity index is 450. The van der Waals surface area contributed by atoms with Crippen LogP contribution < -0.4 is 5.32 Å². The molecule has 0 saturated carbocycles. The molecule has 1 rings (SSSR count). The summed E-state index contributed by atoms with van der Waals surface area (Å²) in [5, 5.41) is 13.0. The van der Waals surface area contributed by atoms with Gasteiger partial charge in [-0.1, -0.05) is 11.6 Å². The molecular formula is C13H19ClN2O3. The molecule has 5 nitrogen and oxygen atoms in total. The lowest BCUT2D eigenvalue weighted by Crippen LogP contribution is -2.41. The van der Waals surface area contributed by atoms with Crippen molar-refractivity contribution >= 4 is 17.5 Å². The van der Waals surface area contributed by atoms with Crippen LogP contribution in [-0.2, 0) is 4.74 Å². The number of aliphatic hydroxyl groups is 1. The topological polar surface area (TPSA) is 71.5 Å². The third-order valence-electron chi connectivity index (χ3n) is 2.71. The maximum absolute atomic E-state index is 11.9. The lowest BCUT2D eigenvalue weighted by atomic mass is 10.0. The Morgan fingerprint density at radius 1 is 1.63 bits per heavy atom. The highest BCUT2D eigenvalue weighted by Gasteiger charge is 2.22. The Kier molecular flexibility index (Phi) is 5.72. The summed E-state index contributed by atoms with van der Waals surface area (Å²) >= 11 is 5.97. The molecule has 0 saturated heterocycles. The molecule has 0 spiro atoms. The molecule has 2 N–H and O–H groups in total. The molecule has 1 amide bonds. The highest BCUT2D eigenvalue weighted by Crippen LogP contribution is 2.16. The van der Waals surface area contributed by atoms with Crippen molar-refractivity contribution in [3.8, 4) is 0 Å². The maximum Gasteiger partial charge on any atom is 0.254 e. The number of halogens is 1. The van der Waals surface area contributed by atoms with Crippen LogP contribution >= 0.6 is 11.6 Å². The van der Waals surface area contributed by atoms with E-state index in [-0.39, 0.29) is 12.5 Å². The first kappa shape index (κ1) is 15.9. The third-order valence-corrected chi connectivity index (χ3v) is 3.02. The Morgan fingerprint density at radius 2 is 2.32 bits per heavy atom. The number of amides is 1. The summed E-state index contributed by atoms with van der Waals surface area (Å²) in [6, 6.07) is 1.62. The first-order chi connectivity index (χ1) is 8.85. The van der Waals surface area contributed by atoms with E-state index in [4.69, 9.17) is 16.3 Å². The molecule has 1 unspecified atom stereocenters. The quantitative estimate of drug-likeness (QED) is 0.832. The fraction of sp³-hybridized carbons (Fsp3) is 0.538. The normalized spacial score (nSPS) is 13.9. The average Bonchev–Trinajstić information content (AvgIpc) is 2.34. The monoisotopic (exact) mass is 286 g/mol. The molecule has 19 heavy (non-hydrogen) atoms. The Morgan fingerprint density at radius 3 is 2.89 bits per heavy atom. The summed E-state index contributed by atoms with van der Waals surface area (Å²) in [5.41, 5.74) is 0.0273. The standard InChI is InChI=1S/C13H19ClN2O3/c1-9-6-11(14)10(7-15-9)12(17)16-8-13(2,18)4-5-19-3/h6-7,18H,4-5,8H2,1-3H3,(H,16,17). The molecule has 0 aliphatic heterocycles. The molecule has 0 fully saturated rings. The summed E-state index contributed by atoms with van der Waals surface area (Å²) in [6.45, 7) is 3.99. The minimum Gasteiger partial charge on any atom is -0.388 e. The van der Waals surface area contributed by atoms with E-state index in [0.717, 1.165) is 5.69 Å². The Balaban J connectivity index is 2.60. The molecule has 1 aromatic rings. The van der Waals surface area contributed by atoms with Gasteiger partial charge in [0.1, 0.15) is 0 Å². The van der Waals surface area contributed by atoms with Crippen molar-refractivity contribution in [1.82, 2.24) is 10.3 Å². The molecule has 6 heteroatoms. The Labute approximate surface area is 117 Å². The lowest BCUT2D eigenvalue weighted by molar-refractivity contribution is 0.0243. The zero-order valence-corrected chi connectivity index (χ0v) is 12.1. The number of nitrogens with one attached hydrogen (secondary N) is 1. The van der Waals surface area contributed by atoms with Gasteiger partial charge in [-0.2, -0.15) is 0 Å². The predicted molar refractivity (Wildman–Crippen MR) is 73.4 cm³/mol. The Hall–Kier alpha value is -1.17. The largest absolute Gasteiger partial charge is 0.388 e. The molecule has 1 atom stereocenters. The van der Waals surface area contributed by atoms with Crippen molar-refractivity contribution in [3.05, 3.63) is 28.5 Å². The summed E-state index contributed by atoms with van der Waals surface area (Å²) in [5.74, 6) is -0.352. The van der Waals surface area contributed by atoms with Gasteiger partial charge >= 0.3 is 0 Å². The second-order valence-electron chi connectivity index (χ2n) is 4.73. The second-order valence-corrected chi connectivity index (χ2v) is 5.14. The minimum atomic E-state index is -1.02. The number of methoxy groups -OCH3 is 1. The highest BCUT2D eigenvalue weighted by atomic mass is 35.5. The predicted octanol–water partition coefficient (Wildman–Crippen LogP) is 1.56. The van der Waals surface area contributed by atoms with Gasteiger partial charge in [0, 0.05) is 38.6 Å². The van der Waals surface area contributed by atoms with E-state index in [1.165, 1.54) is 6.20 Å². The highest BCUT2D eigenvalue weighted by molar-refractivity contribution is 6.33. The first-order valence-corrected chi connectivity index (χ1v) is 6.35. The molecule has 0 radical (unpaired) electrons. The summed E-state index contributed by atoms with van der Waals surface area (Å²) in [4.78, 5) is 15.9. The number of rotatable bonds is 6. The van der Waals surface area contributed by atoms with Crippen LogP contribution in [0.15, 0.2) is 12.3 Å². The van der Waals surface area contributed by atoms with Crippen LogP contribution in [0.2, 0.25) is 5.02 Å². The van der Waals surface area contributed by atoms with Gasteiger partial charge in [-0.3, -0.25) is 9.78 Å². The van der Waals surface area contributed by atoms with Crippen molar-refractivity contribution < 1.29 is 14.6 Å². The minimum absolute atomic E-state index is 0.124. The average molecular weight is 287 g/mol. The molecule has 1 heterocycles. The molecule has 0 bridgehead atoms. The number of carbonyl (C=O) groups is 1. The fourth-order valence-corrected chi connectivity index (χ4v) is 1.76. The van der Waals surface area contributed by atoms with Gasteiger partial charge in [0.05, 0.1) is 16.2 Å². The van der Waals surface area contributed by atoms with E-state index in [1.807, 2.05) is 0 Å². The number of pyridine rings is 1. The zero-order valence-electron chi connectivity index (χ0n) is 11.4. The van der Waals surface area contributed by atoms with Gasteiger partial charge in [0.25, 0.3) is 5.91 Å². The number of aromatic nitrogens is 1. The molecule has 0 aliphatic rings. The number of nitrogens with zero attached hydrogens (tertiary/aromatic N) is 1. The number of carbonyl (C=O) groups excluding carboxylic acids is 1. The van der Waals surface area contributed by atoms with E-state index >= 15 is 0 Å².